The third-order valence-electron chi connectivity index (χ3n) is 7.46. The average Bonchev–Trinajstić information content (AvgIpc) is 3.78. The molecule has 43 heavy (non-hydrogen) atoms. The summed E-state index contributed by atoms with van der Waals surface area (Å²) in [5.74, 6) is 7.56. The number of anilines is 2. The first-order valence-corrected chi connectivity index (χ1v) is 15.0. The molecule has 5 rings (SSSR count). The number of carbonyl (C=O) groups excluding carboxylic acids is 1. The molecular formula is C34H48N4O5. The maximum Gasteiger partial charge on any atom is 0.308 e. The summed E-state index contributed by atoms with van der Waals surface area (Å²) in [5.41, 5.74) is 6.01. The third-order valence-corrected chi connectivity index (χ3v) is 7.46. The molecule has 234 valence electrons. The van der Waals surface area contributed by atoms with Crippen LogP contribution in [0.15, 0.2) is 24.3 Å². The number of aryl methyl sites for hydroxylation is 3. The van der Waals surface area contributed by atoms with Crippen molar-refractivity contribution in [1.82, 2.24) is 14.8 Å². The van der Waals surface area contributed by atoms with Crippen LogP contribution in [0.2, 0.25) is 0 Å². The number of rotatable bonds is 5. The smallest absolute Gasteiger partial charge is 0.308 e. The Balaban J connectivity index is 0.000000733. The molecule has 0 unspecified atom stereocenters. The van der Waals surface area contributed by atoms with Gasteiger partial charge in [0.15, 0.2) is 5.52 Å². The topological polar surface area (TPSA) is 107 Å². The van der Waals surface area contributed by atoms with Crippen LogP contribution in [0, 0.1) is 31.6 Å². The van der Waals surface area contributed by atoms with Crippen LogP contribution in [0.4, 0.5) is 11.5 Å². The van der Waals surface area contributed by atoms with Crippen LogP contribution < -0.4 is 9.64 Å². The lowest BCUT2D eigenvalue weighted by Crippen LogP contribution is -2.26. The van der Waals surface area contributed by atoms with Crippen molar-refractivity contribution in [3.63, 3.8) is 0 Å². The summed E-state index contributed by atoms with van der Waals surface area (Å²) in [6.07, 6.45) is 6.84. The predicted octanol–water partition coefficient (Wildman–Crippen LogP) is 7.10. The van der Waals surface area contributed by atoms with Gasteiger partial charge >= 0.3 is 5.91 Å². The fraction of sp³-hybridized carbons (Fsp3) is 0.529. The number of aromatic nitrogens is 3. The maximum absolute atomic E-state index is 13.4. The Hall–Kier alpha value is -3.90. The number of fused-ring (bicyclic) bond motifs is 1. The minimum absolute atomic E-state index is 0.152. The molecule has 0 aliphatic heterocycles. The van der Waals surface area contributed by atoms with Crippen LogP contribution in [0.5, 0.6) is 5.88 Å². The highest BCUT2D eigenvalue weighted by atomic mass is 16.5. The Bertz CT molecular complexity index is 1410. The van der Waals surface area contributed by atoms with Crippen LogP contribution in [0.25, 0.3) is 11.0 Å². The number of ether oxygens (including phenoxy) is 2. The molecular weight excluding hydrogens is 544 g/mol. The Kier molecular flexibility index (Phi) is 14.2. The van der Waals surface area contributed by atoms with Gasteiger partial charge in [0, 0.05) is 21.3 Å². The molecule has 9 heteroatoms. The quantitative estimate of drug-likeness (QED) is 0.249. The third kappa shape index (κ3) is 9.29. The predicted molar refractivity (Wildman–Crippen MR) is 172 cm³/mol. The van der Waals surface area contributed by atoms with E-state index in [0.29, 0.717) is 23.1 Å². The number of amides is 1. The van der Waals surface area contributed by atoms with E-state index in [1.165, 1.54) is 24.0 Å². The monoisotopic (exact) mass is 592 g/mol. The van der Waals surface area contributed by atoms with Crippen LogP contribution in [-0.4, -0.2) is 52.6 Å². The number of hydrogen-bond donors (Lipinski definition) is 1. The molecule has 1 amide bonds. The Labute approximate surface area is 256 Å². The minimum atomic E-state index is -0.280. The molecule has 9 nitrogen and oxygen atoms in total. The zero-order valence-corrected chi connectivity index (χ0v) is 27.2. The van der Waals surface area contributed by atoms with Crippen molar-refractivity contribution in [2.45, 2.75) is 92.1 Å². The van der Waals surface area contributed by atoms with Gasteiger partial charge in [0.1, 0.15) is 11.9 Å². The molecule has 1 N–H and O–H groups in total. The molecule has 0 spiro atoms. The zero-order valence-electron chi connectivity index (χ0n) is 27.2. The van der Waals surface area contributed by atoms with E-state index in [1.54, 1.807) is 30.7 Å². The van der Waals surface area contributed by atoms with Gasteiger partial charge in [-0.25, -0.2) is 4.98 Å². The second kappa shape index (κ2) is 17.3. The fourth-order valence-electron chi connectivity index (χ4n) is 5.04. The van der Waals surface area contributed by atoms with Crippen molar-refractivity contribution in [1.29, 1.82) is 0 Å². The van der Waals surface area contributed by atoms with Crippen molar-refractivity contribution in [3.05, 3.63) is 41.0 Å². The van der Waals surface area contributed by atoms with Crippen LogP contribution in [-0.2, 0) is 21.4 Å². The molecule has 3 aromatic rings. The number of carboxylic acid groups (broad SMARTS) is 1. The van der Waals surface area contributed by atoms with Gasteiger partial charge in [-0.05, 0) is 112 Å². The fourth-order valence-corrected chi connectivity index (χ4v) is 5.04. The highest BCUT2D eigenvalue weighted by molar-refractivity contribution is 6.11. The molecule has 2 fully saturated rings. The normalized spacial score (nSPS) is 17.0. The van der Waals surface area contributed by atoms with E-state index in [2.05, 4.69) is 54.6 Å². The van der Waals surface area contributed by atoms with Crippen molar-refractivity contribution >= 4 is 34.9 Å². The van der Waals surface area contributed by atoms with Gasteiger partial charge in [0.2, 0.25) is 0 Å². The molecule has 2 heterocycles. The van der Waals surface area contributed by atoms with Gasteiger partial charge in [-0.1, -0.05) is 32.8 Å². The summed E-state index contributed by atoms with van der Waals surface area (Å²) in [6, 6.07) is 8.19. The largest absolute Gasteiger partial charge is 0.483 e. The van der Waals surface area contributed by atoms with E-state index >= 15 is 0 Å². The van der Waals surface area contributed by atoms with Crippen LogP contribution >= 0.6 is 0 Å². The SMILES string of the molecule is CC.CC#CC(=O)N(c1ccc2c(n1)c(OC1CCC(C)CC1)nn2C)c1cc(C)c(C)cc1C1CC1.COC.O=CO. The number of pyridine rings is 1. The van der Waals surface area contributed by atoms with Crippen molar-refractivity contribution in [3.8, 4) is 17.7 Å². The number of nitrogens with zero attached hydrogens (tertiary/aromatic N) is 4. The maximum atomic E-state index is 13.4. The lowest BCUT2D eigenvalue weighted by atomic mass is 9.89. The molecule has 0 bridgehead atoms. The number of methoxy groups -OCH3 is 1. The lowest BCUT2D eigenvalue weighted by molar-refractivity contribution is -0.122. The van der Waals surface area contributed by atoms with Gasteiger partial charge < -0.3 is 14.6 Å². The summed E-state index contributed by atoms with van der Waals surface area (Å²) in [5, 5.41) is 11.5. The van der Waals surface area contributed by atoms with E-state index in [4.69, 9.17) is 19.6 Å². The molecule has 0 radical (unpaired) electrons. The Morgan fingerprint density at radius 2 is 1.65 bits per heavy atom. The van der Waals surface area contributed by atoms with Gasteiger partial charge in [-0.15, -0.1) is 5.10 Å². The molecule has 0 atom stereocenters. The van der Waals surface area contributed by atoms with Crippen molar-refractivity contribution < 1.29 is 24.2 Å². The average molecular weight is 593 g/mol. The summed E-state index contributed by atoms with van der Waals surface area (Å²) in [4.78, 5) is 28.4. The number of carbonyl (C=O) groups is 2. The summed E-state index contributed by atoms with van der Waals surface area (Å²) < 4.78 is 12.4. The first kappa shape index (κ1) is 35.3. The summed E-state index contributed by atoms with van der Waals surface area (Å²) in [6.45, 7) is 11.9. The zero-order chi connectivity index (χ0) is 32.1. The first-order chi connectivity index (χ1) is 20.7. The van der Waals surface area contributed by atoms with E-state index in [1.807, 2.05) is 33.0 Å². The van der Waals surface area contributed by atoms with E-state index in [0.717, 1.165) is 48.4 Å². The summed E-state index contributed by atoms with van der Waals surface area (Å²) >= 11 is 0. The van der Waals surface area contributed by atoms with Crippen molar-refractivity contribution in [2.75, 3.05) is 19.1 Å². The molecule has 0 saturated heterocycles. The number of benzene rings is 1. The second-order valence-corrected chi connectivity index (χ2v) is 10.8. The molecule has 2 aliphatic rings. The van der Waals surface area contributed by atoms with Gasteiger partial charge in [-0.3, -0.25) is 19.2 Å². The minimum Gasteiger partial charge on any atom is -0.483 e. The van der Waals surface area contributed by atoms with Gasteiger partial charge in [-0.2, -0.15) is 0 Å². The van der Waals surface area contributed by atoms with Gasteiger partial charge in [0.05, 0.1) is 11.2 Å². The standard InChI is InChI=1S/C29H34N4O2.C2H6O.C2H6.CH2O2/c1-6-7-27(34)33(25-17-20(4)19(3)16-23(25)21-10-11-21)26-15-14-24-28(30-26)29(31-32(24)5)35-22-12-8-18(2)9-13-22;1-3-2;1-2;2-1-3/h14-18,21-22H,8-13H2,1-5H3;1-2H3;1-2H3;1H,(H,2,3). The van der Waals surface area contributed by atoms with E-state index in [9.17, 15) is 4.79 Å². The highest BCUT2D eigenvalue weighted by Crippen LogP contribution is 2.46. The highest BCUT2D eigenvalue weighted by Gasteiger charge is 2.31. The molecule has 2 saturated carbocycles. The Morgan fingerprint density at radius 3 is 2.21 bits per heavy atom. The molecule has 1 aromatic carbocycles. The lowest BCUT2D eigenvalue weighted by Gasteiger charge is -2.26. The van der Waals surface area contributed by atoms with E-state index in [-0.39, 0.29) is 18.5 Å². The molecule has 2 aromatic heterocycles. The van der Waals surface area contributed by atoms with E-state index < -0.39 is 0 Å². The molecule has 2 aliphatic carbocycles. The first-order valence-electron chi connectivity index (χ1n) is 15.0. The van der Waals surface area contributed by atoms with Crippen LogP contribution in [0.3, 0.4) is 0 Å². The van der Waals surface area contributed by atoms with Crippen LogP contribution in [0.1, 0.15) is 88.8 Å². The number of hydrogen-bond acceptors (Lipinski definition) is 6. The van der Waals surface area contributed by atoms with Gasteiger partial charge in [0.25, 0.3) is 12.4 Å². The summed E-state index contributed by atoms with van der Waals surface area (Å²) in [7, 11) is 5.15. The Morgan fingerprint density at radius 1 is 1.07 bits per heavy atom. The second-order valence-electron chi connectivity index (χ2n) is 10.8. The van der Waals surface area contributed by atoms with Crippen molar-refractivity contribution in [2.24, 2.45) is 13.0 Å².